The fourth-order valence-corrected chi connectivity index (χ4v) is 3.25. The smallest absolute Gasteiger partial charge is 0.223 e. The van der Waals surface area contributed by atoms with E-state index in [-0.39, 0.29) is 0 Å². The van der Waals surface area contributed by atoms with Gasteiger partial charge < -0.3 is 16.0 Å². The Morgan fingerprint density at radius 1 is 1.17 bits per heavy atom. The van der Waals surface area contributed by atoms with E-state index < -0.39 is 0 Å². The summed E-state index contributed by atoms with van der Waals surface area (Å²) >= 11 is 0. The molecule has 1 saturated carbocycles. The Labute approximate surface area is 110 Å². The van der Waals surface area contributed by atoms with Crippen molar-refractivity contribution in [3.8, 4) is 0 Å². The molecular weight excluding hydrogens is 226 g/mol. The van der Waals surface area contributed by atoms with Crippen LogP contribution in [0.3, 0.4) is 0 Å². The van der Waals surface area contributed by atoms with Crippen molar-refractivity contribution in [1.29, 1.82) is 0 Å². The van der Waals surface area contributed by atoms with Gasteiger partial charge in [-0.25, -0.2) is 0 Å². The Bertz CT molecular complexity index is 264. The molecule has 0 aromatic rings. The summed E-state index contributed by atoms with van der Waals surface area (Å²) in [5.74, 6) is 0.931. The monoisotopic (exact) mass is 253 g/mol. The van der Waals surface area contributed by atoms with Gasteiger partial charge in [-0.05, 0) is 38.1 Å². The first-order valence-electron chi connectivity index (χ1n) is 7.52. The van der Waals surface area contributed by atoms with Crippen LogP contribution in [0.1, 0.15) is 44.9 Å². The van der Waals surface area contributed by atoms with E-state index in [4.69, 9.17) is 5.73 Å². The third-order valence-electron chi connectivity index (χ3n) is 4.42. The van der Waals surface area contributed by atoms with Crippen LogP contribution >= 0.6 is 0 Å². The van der Waals surface area contributed by atoms with Crippen LogP contribution in [0, 0.1) is 5.92 Å². The zero-order valence-corrected chi connectivity index (χ0v) is 11.4. The quantitative estimate of drug-likeness (QED) is 0.771. The van der Waals surface area contributed by atoms with Crippen molar-refractivity contribution >= 4 is 5.91 Å². The van der Waals surface area contributed by atoms with Gasteiger partial charge in [-0.3, -0.25) is 4.79 Å². The lowest BCUT2D eigenvalue weighted by Gasteiger charge is -2.31. The predicted octanol–water partition coefficient (Wildman–Crippen LogP) is 1.11. The van der Waals surface area contributed by atoms with E-state index in [1.165, 1.54) is 38.5 Å². The van der Waals surface area contributed by atoms with E-state index in [0.29, 0.717) is 24.3 Å². The molecule has 2 aliphatic rings. The second-order valence-corrected chi connectivity index (χ2v) is 5.68. The third kappa shape index (κ3) is 3.69. The number of likely N-dealkylation sites (tertiary alicyclic amines) is 1. The van der Waals surface area contributed by atoms with Gasteiger partial charge in [-0.15, -0.1) is 0 Å². The van der Waals surface area contributed by atoms with E-state index in [9.17, 15) is 4.79 Å². The van der Waals surface area contributed by atoms with Crippen molar-refractivity contribution in [3.63, 3.8) is 0 Å². The summed E-state index contributed by atoms with van der Waals surface area (Å²) in [4.78, 5) is 13.9. The molecule has 0 aromatic heterocycles. The minimum absolute atomic E-state index is 0.320. The van der Waals surface area contributed by atoms with Crippen molar-refractivity contribution in [3.05, 3.63) is 0 Å². The van der Waals surface area contributed by atoms with Gasteiger partial charge in [0, 0.05) is 32.1 Å². The second-order valence-electron chi connectivity index (χ2n) is 5.68. The van der Waals surface area contributed by atoms with Crippen molar-refractivity contribution in [2.75, 3.05) is 26.2 Å². The number of rotatable bonds is 5. The van der Waals surface area contributed by atoms with Gasteiger partial charge in [-0.2, -0.15) is 0 Å². The zero-order chi connectivity index (χ0) is 12.8. The maximum absolute atomic E-state index is 11.9. The van der Waals surface area contributed by atoms with Gasteiger partial charge in [0.05, 0.1) is 0 Å². The molecule has 1 saturated heterocycles. The number of amides is 1. The minimum Gasteiger partial charge on any atom is -0.343 e. The van der Waals surface area contributed by atoms with Crippen LogP contribution < -0.4 is 11.1 Å². The highest BCUT2D eigenvalue weighted by Gasteiger charge is 2.24. The summed E-state index contributed by atoms with van der Waals surface area (Å²) in [5.41, 5.74) is 5.81. The predicted molar refractivity (Wildman–Crippen MR) is 73.2 cm³/mol. The molecule has 4 nitrogen and oxygen atoms in total. The molecule has 104 valence electrons. The highest BCUT2D eigenvalue weighted by atomic mass is 16.2. The van der Waals surface area contributed by atoms with E-state index in [1.54, 1.807) is 0 Å². The molecule has 2 rings (SSSR count). The summed E-state index contributed by atoms with van der Waals surface area (Å²) in [6, 6.07) is 0.537. The molecule has 1 amide bonds. The lowest BCUT2D eigenvalue weighted by atomic mass is 9.84. The number of hydrogen-bond donors (Lipinski definition) is 2. The summed E-state index contributed by atoms with van der Waals surface area (Å²) < 4.78 is 0. The molecule has 4 heteroatoms. The van der Waals surface area contributed by atoms with E-state index in [2.05, 4.69) is 5.32 Å². The zero-order valence-electron chi connectivity index (χ0n) is 11.4. The number of hydrogen-bond acceptors (Lipinski definition) is 3. The molecule has 2 unspecified atom stereocenters. The molecule has 0 spiro atoms. The van der Waals surface area contributed by atoms with Crippen molar-refractivity contribution in [2.45, 2.75) is 51.0 Å². The number of nitrogens with zero attached hydrogens (tertiary/aromatic N) is 1. The van der Waals surface area contributed by atoms with Crippen LogP contribution in [0.2, 0.25) is 0 Å². The molecule has 1 aliphatic heterocycles. The molecule has 0 bridgehead atoms. The summed E-state index contributed by atoms with van der Waals surface area (Å²) in [7, 11) is 0. The Kier molecular flexibility index (Phi) is 5.45. The first-order chi connectivity index (χ1) is 8.81. The van der Waals surface area contributed by atoms with E-state index in [0.717, 1.165) is 26.2 Å². The van der Waals surface area contributed by atoms with Gasteiger partial charge in [0.15, 0.2) is 0 Å². The van der Waals surface area contributed by atoms with Crippen LogP contribution in [0.25, 0.3) is 0 Å². The van der Waals surface area contributed by atoms with E-state index >= 15 is 0 Å². The fraction of sp³-hybridized carbons (Fsp3) is 0.929. The Morgan fingerprint density at radius 3 is 2.61 bits per heavy atom. The largest absolute Gasteiger partial charge is 0.343 e. The third-order valence-corrected chi connectivity index (χ3v) is 4.42. The second kappa shape index (κ2) is 7.10. The van der Waals surface area contributed by atoms with Gasteiger partial charge >= 0.3 is 0 Å². The standard InChI is InChI=1S/C14H27N3O/c15-11-12-5-1-2-6-13(12)16-8-7-14(18)17-9-3-4-10-17/h12-13,16H,1-11,15H2. The van der Waals surface area contributed by atoms with Crippen LogP contribution in [-0.4, -0.2) is 43.0 Å². The van der Waals surface area contributed by atoms with Gasteiger partial charge in [0.1, 0.15) is 0 Å². The molecule has 2 fully saturated rings. The highest BCUT2D eigenvalue weighted by molar-refractivity contribution is 5.76. The van der Waals surface area contributed by atoms with Crippen LogP contribution in [0.5, 0.6) is 0 Å². The average Bonchev–Trinajstić information content (AvgIpc) is 2.93. The number of nitrogens with one attached hydrogen (secondary N) is 1. The first kappa shape index (κ1) is 13.8. The number of carbonyl (C=O) groups excluding carboxylic acids is 1. The summed E-state index contributed by atoms with van der Waals surface area (Å²) in [5, 5.41) is 3.55. The van der Waals surface area contributed by atoms with Crippen molar-refractivity contribution in [1.82, 2.24) is 10.2 Å². The summed E-state index contributed by atoms with van der Waals surface area (Å²) in [6.07, 6.45) is 8.08. The SMILES string of the molecule is NCC1CCCCC1NCCC(=O)N1CCCC1. The Balaban J connectivity index is 1.65. The topological polar surface area (TPSA) is 58.4 Å². The molecule has 0 aromatic carbocycles. The van der Waals surface area contributed by atoms with E-state index in [1.807, 2.05) is 4.90 Å². The lowest BCUT2D eigenvalue weighted by Crippen LogP contribution is -2.43. The Morgan fingerprint density at radius 2 is 1.89 bits per heavy atom. The fourth-order valence-electron chi connectivity index (χ4n) is 3.25. The molecule has 1 heterocycles. The lowest BCUT2D eigenvalue weighted by molar-refractivity contribution is -0.130. The van der Waals surface area contributed by atoms with Crippen LogP contribution in [0.15, 0.2) is 0 Å². The molecular formula is C14H27N3O. The normalized spacial score (nSPS) is 28.6. The van der Waals surface area contributed by atoms with Crippen LogP contribution in [0.4, 0.5) is 0 Å². The molecule has 18 heavy (non-hydrogen) atoms. The molecule has 2 atom stereocenters. The summed E-state index contributed by atoms with van der Waals surface area (Å²) in [6.45, 7) is 3.52. The Hall–Kier alpha value is -0.610. The molecule has 1 aliphatic carbocycles. The van der Waals surface area contributed by atoms with Crippen LogP contribution in [-0.2, 0) is 4.79 Å². The van der Waals surface area contributed by atoms with Crippen molar-refractivity contribution in [2.24, 2.45) is 11.7 Å². The maximum Gasteiger partial charge on any atom is 0.223 e. The number of carbonyl (C=O) groups is 1. The average molecular weight is 253 g/mol. The van der Waals surface area contributed by atoms with Gasteiger partial charge in [-0.1, -0.05) is 12.8 Å². The number of nitrogens with two attached hydrogens (primary N) is 1. The molecule has 0 radical (unpaired) electrons. The minimum atomic E-state index is 0.320. The van der Waals surface area contributed by atoms with Crippen molar-refractivity contribution < 1.29 is 4.79 Å². The van der Waals surface area contributed by atoms with Gasteiger partial charge in [0.2, 0.25) is 5.91 Å². The highest BCUT2D eigenvalue weighted by Crippen LogP contribution is 2.23. The maximum atomic E-state index is 11.9. The van der Waals surface area contributed by atoms with Gasteiger partial charge in [0.25, 0.3) is 0 Å². The molecule has 3 N–H and O–H groups in total. The first-order valence-corrected chi connectivity index (χ1v) is 7.52.